The van der Waals surface area contributed by atoms with Crippen LogP contribution in [0.15, 0.2) is 23.6 Å². The Morgan fingerprint density at radius 2 is 2.15 bits per heavy atom. The second-order valence-corrected chi connectivity index (χ2v) is 5.71. The highest BCUT2D eigenvalue weighted by Gasteiger charge is 2.06. The van der Waals surface area contributed by atoms with Gasteiger partial charge in [-0.05, 0) is 26.0 Å². The molecule has 1 heterocycles. The van der Waals surface area contributed by atoms with Crippen LogP contribution in [0.3, 0.4) is 0 Å². The number of nitrogens with zero attached hydrogens (tertiary/aromatic N) is 1. The molecule has 0 radical (unpaired) electrons. The molecule has 0 amide bonds. The van der Waals surface area contributed by atoms with E-state index in [0.29, 0.717) is 6.61 Å². The van der Waals surface area contributed by atoms with Crippen LogP contribution in [-0.2, 0) is 19.6 Å². The van der Waals surface area contributed by atoms with Gasteiger partial charge in [0.05, 0.1) is 10.7 Å². The first-order chi connectivity index (χ1) is 9.72. The molecule has 1 aromatic carbocycles. The van der Waals surface area contributed by atoms with Crippen molar-refractivity contribution in [3.63, 3.8) is 0 Å². The molecule has 20 heavy (non-hydrogen) atoms. The lowest BCUT2D eigenvalue weighted by Gasteiger charge is -2.12. The van der Waals surface area contributed by atoms with Gasteiger partial charge in [-0.2, -0.15) is 0 Å². The highest BCUT2D eigenvalue weighted by atomic mass is 32.1. The maximum atomic E-state index is 5.94. The predicted octanol–water partition coefficient (Wildman–Crippen LogP) is 3.70. The smallest absolute Gasteiger partial charge is 0.131 e. The fourth-order valence-electron chi connectivity index (χ4n) is 1.98. The summed E-state index contributed by atoms with van der Waals surface area (Å²) in [6.45, 7) is 8.67. The third kappa shape index (κ3) is 4.05. The maximum Gasteiger partial charge on any atom is 0.131 e. The van der Waals surface area contributed by atoms with Crippen LogP contribution in [0.2, 0.25) is 0 Å². The van der Waals surface area contributed by atoms with E-state index in [1.165, 1.54) is 16.1 Å². The monoisotopic (exact) mass is 290 g/mol. The number of aromatic nitrogens is 1. The lowest BCUT2D eigenvalue weighted by molar-refractivity contribution is 0.298. The minimum atomic E-state index is 0.540. The van der Waals surface area contributed by atoms with Gasteiger partial charge in [-0.25, -0.2) is 4.98 Å². The Morgan fingerprint density at radius 3 is 2.85 bits per heavy atom. The number of hydrogen-bond acceptors (Lipinski definition) is 4. The molecule has 0 bridgehead atoms. The van der Waals surface area contributed by atoms with Gasteiger partial charge in [-0.15, -0.1) is 11.3 Å². The zero-order chi connectivity index (χ0) is 14.4. The Kier molecular flexibility index (Phi) is 5.56. The van der Waals surface area contributed by atoms with E-state index >= 15 is 0 Å². The summed E-state index contributed by atoms with van der Waals surface area (Å²) in [5, 5.41) is 6.60. The van der Waals surface area contributed by atoms with Gasteiger partial charge in [-0.1, -0.05) is 31.5 Å². The van der Waals surface area contributed by atoms with Gasteiger partial charge >= 0.3 is 0 Å². The van der Waals surface area contributed by atoms with Crippen molar-refractivity contribution in [2.75, 3.05) is 6.54 Å². The molecule has 0 unspecified atom stereocenters. The van der Waals surface area contributed by atoms with Crippen molar-refractivity contribution in [3.8, 4) is 5.75 Å². The van der Waals surface area contributed by atoms with Crippen LogP contribution in [0.1, 0.15) is 35.7 Å². The molecule has 108 valence electrons. The van der Waals surface area contributed by atoms with Crippen LogP contribution in [0.4, 0.5) is 0 Å². The minimum Gasteiger partial charge on any atom is -0.487 e. The van der Waals surface area contributed by atoms with Crippen molar-refractivity contribution < 1.29 is 4.74 Å². The summed E-state index contributed by atoms with van der Waals surface area (Å²) in [6, 6.07) is 6.31. The standard InChI is InChI=1S/C16H22N2OS/c1-4-16-18-14(11-20-16)10-19-15-7-6-12(3)8-13(15)9-17-5-2/h6-8,11,17H,4-5,9-10H2,1-3H3. The molecule has 1 N–H and O–H groups in total. The van der Waals surface area contributed by atoms with E-state index in [4.69, 9.17) is 4.74 Å². The summed E-state index contributed by atoms with van der Waals surface area (Å²) >= 11 is 1.70. The number of benzene rings is 1. The van der Waals surface area contributed by atoms with Crippen LogP contribution in [0, 0.1) is 6.92 Å². The molecular formula is C16H22N2OS. The third-order valence-corrected chi connectivity index (χ3v) is 4.10. The van der Waals surface area contributed by atoms with Crippen molar-refractivity contribution in [1.82, 2.24) is 10.3 Å². The Morgan fingerprint density at radius 1 is 1.30 bits per heavy atom. The summed E-state index contributed by atoms with van der Waals surface area (Å²) in [5.41, 5.74) is 3.48. The Hall–Kier alpha value is -1.39. The van der Waals surface area contributed by atoms with Gasteiger partial charge in [-0.3, -0.25) is 0 Å². The van der Waals surface area contributed by atoms with Crippen LogP contribution < -0.4 is 10.1 Å². The van der Waals surface area contributed by atoms with Crippen molar-refractivity contribution in [2.24, 2.45) is 0 Å². The summed E-state index contributed by atoms with van der Waals surface area (Å²) in [5.74, 6) is 0.947. The lowest BCUT2D eigenvalue weighted by atomic mass is 10.1. The van der Waals surface area contributed by atoms with Crippen LogP contribution in [0.5, 0.6) is 5.75 Å². The fraction of sp³-hybridized carbons (Fsp3) is 0.438. The van der Waals surface area contributed by atoms with Gasteiger partial charge in [0.1, 0.15) is 12.4 Å². The SMILES string of the molecule is CCNCc1cc(C)ccc1OCc1csc(CC)n1. The Balaban J connectivity index is 2.04. The molecule has 0 aliphatic heterocycles. The van der Waals surface area contributed by atoms with E-state index in [1.54, 1.807) is 11.3 Å². The van der Waals surface area contributed by atoms with Gasteiger partial charge in [0.2, 0.25) is 0 Å². The largest absolute Gasteiger partial charge is 0.487 e. The van der Waals surface area contributed by atoms with Crippen LogP contribution >= 0.6 is 11.3 Å². The van der Waals surface area contributed by atoms with Gasteiger partial charge in [0.25, 0.3) is 0 Å². The lowest BCUT2D eigenvalue weighted by Crippen LogP contribution is -2.13. The first-order valence-electron chi connectivity index (χ1n) is 7.09. The highest BCUT2D eigenvalue weighted by Crippen LogP contribution is 2.21. The number of ether oxygens (including phenoxy) is 1. The first-order valence-corrected chi connectivity index (χ1v) is 7.97. The average molecular weight is 290 g/mol. The summed E-state index contributed by atoms with van der Waals surface area (Å²) in [6.07, 6.45) is 0.987. The molecule has 2 aromatic rings. The first kappa shape index (κ1) is 15.0. The van der Waals surface area contributed by atoms with Crippen LogP contribution in [0.25, 0.3) is 0 Å². The molecule has 0 fully saturated rings. The molecule has 3 nitrogen and oxygen atoms in total. The predicted molar refractivity (Wildman–Crippen MR) is 84.4 cm³/mol. The van der Waals surface area contributed by atoms with Crippen molar-refractivity contribution in [1.29, 1.82) is 0 Å². The van der Waals surface area contributed by atoms with E-state index in [9.17, 15) is 0 Å². The second kappa shape index (κ2) is 7.41. The Labute approximate surface area is 125 Å². The van der Waals surface area contributed by atoms with Crippen molar-refractivity contribution in [3.05, 3.63) is 45.4 Å². The third-order valence-electron chi connectivity index (χ3n) is 3.06. The molecular weight excluding hydrogens is 268 g/mol. The maximum absolute atomic E-state index is 5.94. The highest BCUT2D eigenvalue weighted by molar-refractivity contribution is 7.09. The molecule has 0 aliphatic rings. The molecule has 2 rings (SSSR count). The summed E-state index contributed by atoms with van der Waals surface area (Å²) in [7, 11) is 0. The number of thiazole rings is 1. The summed E-state index contributed by atoms with van der Waals surface area (Å²) < 4.78 is 5.94. The number of aryl methyl sites for hydroxylation is 2. The van der Waals surface area contributed by atoms with E-state index in [-0.39, 0.29) is 0 Å². The topological polar surface area (TPSA) is 34.1 Å². The summed E-state index contributed by atoms with van der Waals surface area (Å²) in [4.78, 5) is 4.53. The fourth-order valence-corrected chi connectivity index (χ4v) is 2.71. The number of nitrogens with one attached hydrogen (secondary N) is 1. The van der Waals surface area contributed by atoms with Crippen molar-refractivity contribution in [2.45, 2.75) is 40.3 Å². The molecule has 0 aliphatic carbocycles. The van der Waals surface area contributed by atoms with E-state index in [1.807, 2.05) is 0 Å². The van der Waals surface area contributed by atoms with Gasteiger partial charge in [0.15, 0.2) is 0 Å². The quantitative estimate of drug-likeness (QED) is 0.844. The molecule has 0 spiro atoms. The van der Waals surface area contributed by atoms with Crippen molar-refractivity contribution >= 4 is 11.3 Å². The van der Waals surface area contributed by atoms with E-state index in [0.717, 1.165) is 31.0 Å². The van der Waals surface area contributed by atoms with E-state index < -0.39 is 0 Å². The molecule has 4 heteroatoms. The Bertz CT molecular complexity index is 551. The van der Waals surface area contributed by atoms with E-state index in [2.05, 4.69) is 54.7 Å². The molecule has 0 saturated heterocycles. The zero-order valence-corrected chi connectivity index (χ0v) is 13.2. The van der Waals surface area contributed by atoms with Gasteiger partial charge < -0.3 is 10.1 Å². The van der Waals surface area contributed by atoms with Crippen LogP contribution in [-0.4, -0.2) is 11.5 Å². The number of rotatable bonds is 7. The van der Waals surface area contributed by atoms with Gasteiger partial charge in [0, 0.05) is 17.5 Å². The molecule has 0 atom stereocenters. The average Bonchev–Trinajstić information content (AvgIpc) is 2.92. The number of hydrogen-bond donors (Lipinski definition) is 1. The second-order valence-electron chi connectivity index (χ2n) is 4.77. The zero-order valence-electron chi connectivity index (χ0n) is 12.4. The molecule has 0 saturated carbocycles. The molecule has 1 aromatic heterocycles. The minimum absolute atomic E-state index is 0.540. The normalized spacial score (nSPS) is 10.8.